The molecule has 4 rings (SSSR count). The fourth-order valence-electron chi connectivity index (χ4n) is 4.06. The van der Waals surface area contributed by atoms with Crippen LogP contribution in [0.15, 0.2) is 97.2 Å². The molecular formula is C31H25F4N3O6. The Balaban J connectivity index is 1.46. The van der Waals surface area contributed by atoms with E-state index in [9.17, 15) is 27.6 Å². The van der Waals surface area contributed by atoms with Gasteiger partial charge < -0.3 is 14.6 Å². The van der Waals surface area contributed by atoms with Gasteiger partial charge in [0.05, 0.1) is 19.0 Å². The minimum Gasteiger partial charge on any atom is -0.492 e. The number of benzene rings is 3. The van der Waals surface area contributed by atoms with Crippen molar-refractivity contribution in [2.45, 2.75) is 25.2 Å². The molecule has 0 aliphatic carbocycles. The molecule has 4 aromatic rings. The van der Waals surface area contributed by atoms with Gasteiger partial charge in [0.15, 0.2) is 0 Å². The molecule has 0 spiro atoms. The maximum Gasteiger partial charge on any atom is 0.495 e. The summed E-state index contributed by atoms with van der Waals surface area (Å²) in [6, 6.07) is 22.3. The van der Waals surface area contributed by atoms with Crippen LogP contribution in [0.4, 0.5) is 17.6 Å². The zero-order chi connectivity index (χ0) is 31.7. The second-order valence-electron chi connectivity index (χ2n) is 9.31. The van der Waals surface area contributed by atoms with E-state index < -0.39 is 42.3 Å². The summed E-state index contributed by atoms with van der Waals surface area (Å²) >= 11 is 0. The third-order valence-electron chi connectivity index (χ3n) is 6.26. The summed E-state index contributed by atoms with van der Waals surface area (Å²) in [7, 11) is 0. The molecule has 0 aliphatic heterocycles. The van der Waals surface area contributed by atoms with E-state index in [1.165, 1.54) is 36.4 Å². The zero-order valence-corrected chi connectivity index (χ0v) is 22.8. The Labute approximate surface area is 248 Å². The Morgan fingerprint density at radius 2 is 1.59 bits per heavy atom. The Hall–Kier alpha value is -5.46. The van der Waals surface area contributed by atoms with Gasteiger partial charge in [0.2, 0.25) is 0 Å². The molecule has 0 radical (unpaired) electrons. The van der Waals surface area contributed by atoms with Gasteiger partial charge in [0.25, 0.3) is 5.91 Å². The molecule has 0 bridgehead atoms. The highest BCUT2D eigenvalue weighted by Gasteiger charge is 2.43. The normalized spacial score (nSPS) is 11.7. The molecule has 1 unspecified atom stereocenters. The van der Waals surface area contributed by atoms with Crippen molar-refractivity contribution in [2.75, 3.05) is 6.61 Å². The zero-order valence-electron chi connectivity index (χ0n) is 22.8. The molecule has 0 aliphatic rings. The van der Waals surface area contributed by atoms with Crippen molar-refractivity contribution in [3.8, 4) is 16.9 Å². The lowest BCUT2D eigenvalue weighted by atomic mass is 9.98. The van der Waals surface area contributed by atoms with Crippen LogP contribution >= 0.6 is 0 Å². The van der Waals surface area contributed by atoms with Crippen molar-refractivity contribution in [3.63, 3.8) is 0 Å². The van der Waals surface area contributed by atoms with E-state index in [1.807, 2.05) is 0 Å². The summed E-state index contributed by atoms with van der Waals surface area (Å²) in [6.45, 7) is 0.664. The summed E-state index contributed by atoms with van der Waals surface area (Å²) in [5.74, 6) is -5.11. The molecule has 2 N–H and O–H groups in total. The first-order chi connectivity index (χ1) is 21.0. The minimum atomic E-state index is -5.40. The molecule has 1 aromatic heterocycles. The SMILES string of the molecule is N=c1ccccn1CCOc1ccc(C(=O)NC(CC(=O)OOC(=O)C(F)(F)F)c2ccc(-c3ccccc3)c(F)c2)cc1. The number of hydrogen-bond donors (Lipinski definition) is 2. The van der Waals surface area contributed by atoms with Crippen molar-refractivity contribution in [2.24, 2.45) is 0 Å². The first-order valence-electron chi connectivity index (χ1n) is 13.1. The maximum absolute atomic E-state index is 15.1. The lowest BCUT2D eigenvalue weighted by molar-refractivity contribution is -0.286. The van der Waals surface area contributed by atoms with E-state index in [4.69, 9.17) is 10.1 Å². The van der Waals surface area contributed by atoms with E-state index in [2.05, 4.69) is 15.1 Å². The van der Waals surface area contributed by atoms with Gasteiger partial charge in [0.1, 0.15) is 23.7 Å². The van der Waals surface area contributed by atoms with E-state index >= 15 is 4.39 Å². The van der Waals surface area contributed by atoms with Gasteiger partial charge >= 0.3 is 18.1 Å². The van der Waals surface area contributed by atoms with Gasteiger partial charge in [-0.15, -0.1) is 0 Å². The number of alkyl halides is 3. The van der Waals surface area contributed by atoms with Gasteiger partial charge in [-0.3, -0.25) is 10.2 Å². The highest BCUT2D eigenvalue weighted by atomic mass is 19.4. The first kappa shape index (κ1) is 31.5. The van der Waals surface area contributed by atoms with E-state index in [0.717, 1.165) is 6.07 Å². The quantitative estimate of drug-likeness (QED) is 0.143. The first-order valence-corrected chi connectivity index (χ1v) is 13.1. The van der Waals surface area contributed by atoms with Gasteiger partial charge in [-0.05, 0) is 53.6 Å². The fourth-order valence-corrected chi connectivity index (χ4v) is 4.06. The van der Waals surface area contributed by atoms with Crippen molar-refractivity contribution >= 4 is 17.8 Å². The number of pyridine rings is 1. The molecule has 9 nitrogen and oxygen atoms in total. The molecule has 1 atom stereocenters. The second kappa shape index (κ2) is 14.1. The van der Waals surface area contributed by atoms with Crippen molar-refractivity contribution < 1.29 is 46.5 Å². The smallest absolute Gasteiger partial charge is 0.492 e. The van der Waals surface area contributed by atoms with Crippen LogP contribution < -0.4 is 15.5 Å². The fraction of sp³-hybridized carbons (Fsp3) is 0.161. The molecule has 13 heteroatoms. The van der Waals surface area contributed by atoms with Crippen LogP contribution in [0.1, 0.15) is 28.4 Å². The third kappa shape index (κ3) is 8.53. The van der Waals surface area contributed by atoms with Crippen molar-refractivity contribution in [1.82, 2.24) is 9.88 Å². The van der Waals surface area contributed by atoms with Crippen LogP contribution in [-0.2, 0) is 25.9 Å². The van der Waals surface area contributed by atoms with E-state index in [0.29, 0.717) is 23.3 Å². The van der Waals surface area contributed by atoms with Crippen molar-refractivity contribution in [3.05, 3.63) is 120 Å². The van der Waals surface area contributed by atoms with Gasteiger partial charge in [-0.2, -0.15) is 13.2 Å². The number of nitrogens with zero attached hydrogens (tertiary/aromatic N) is 1. The van der Waals surface area contributed by atoms with Crippen LogP contribution in [0, 0.1) is 11.2 Å². The minimum absolute atomic E-state index is 0.0988. The predicted molar refractivity (Wildman–Crippen MR) is 147 cm³/mol. The average molecular weight is 612 g/mol. The Bertz CT molecular complexity index is 1670. The second-order valence-corrected chi connectivity index (χ2v) is 9.31. The highest BCUT2D eigenvalue weighted by molar-refractivity contribution is 5.94. The number of hydrogen-bond acceptors (Lipinski definition) is 7. The van der Waals surface area contributed by atoms with Crippen LogP contribution in [0.3, 0.4) is 0 Å². The third-order valence-corrected chi connectivity index (χ3v) is 6.26. The van der Waals surface area contributed by atoms with Gasteiger partial charge in [0, 0.05) is 17.3 Å². The van der Waals surface area contributed by atoms with Gasteiger partial charge in [-0.25, -0.2) is 23.8 Å². The Kier molecular flexibility index (Phi) is 10.1. The maximum atomic E-state index is 15.1. The summed E-state index contributed by atoms with van der Waals surface area (Å²) < 4.78 is 59.7. The summed E-state index contributed by atoms with van der Waals surface area (Å²) in [5.41, 5.74) is 1.35. The average Bonchev–Trinajstić information content (AvgIpc) is 3.00. The summed E-state index contributed by atoms with van der Waals surface area (Å²) in [5, 5.41) is 10.4. The highest BCUT2D eigenvalue weighted by Crippen LogP contribution is 2.27. The molecule has 228 valence electrons. The number of aromatic nitrogens is 1. The number of rotatable bonds is 10. The van der Waals surface area contributed by atoms with Crippen LogP contribution in [0.2, 0.25) is 0 Å². The molecule has 0 fully saturated rings. The predicted octanol–water partition coefficient (Wildman–Crippen LogP) is 5.28. The van der Waals surface area contributed by atoms with Crippen LogP contribution in [-0.4, -0.2) is 35.2 Å². The molecular weight excluding hydrogens is 586 g/mol. The number of amides is 1. The number of nitrogens with one attached hydrogen (secondary N) is 2. The van der Waals surface area contributed by atoms with Gasteiger partial charge in [-0.1, -0.05) is 48.5 Å². The van der Waals surface area contributed by atoms with Crippen LogP contribution in [0.5, 0.6) is 5.75 Å². The number of ether oxygens (including phenoxy) is 1. The number of carbonyl (C=O) groups is 3. The molecule has 0 saturated heterocycles. The largest absolute Gasteiger partial charge is 0.495 e. The van der Waals surface area contributed by atoms with Crippen LogP contribution in [0.25, 0.3) is 11.1 Å². The number of halogens is 4. The molecule has 1 heterocycles. The molecule has 3 aromatic carbocycles. The molecule has 1 amide bonds. The molecule has 0 saturated carbocycles. The monoisotopic (exact) mass is 611 g/mol. The summed E-state index contributed by atoms with van der Waals surface area (Å²) in [4.78, 5) is 43.8. The summed E-state index contributed by atoms with van der Waals surface area (Å²) in [6.07, 6.45) is -4.45. The Morgan fingerprint density at radius 3 is 2.25 bits per heavy atom. The lowest BCUT2D eigenvalue weighted by Gasteiger charge is -2.19. The van der Waals surface area contributed by atoms with Crippen molar-refractivity contribution in [1.29, 1.82) is 5.41 Å². The molecule has 44 heavy (non-hydrogen) atoms. The topological polar surface area (TPSA) is 120 Å². The standard InChI is InChI=1S/C31H25F4N3O6/c32-25-18-22(11-14-24(25)20-6-2-1-3-7-20)26(19-28(39)43-44-30(41)31(33,34)35)37-29(40)21-9-12-23(13-10-21)42-17-16-38-15-5-4-8-27(38)36/h1-15,18,26,36H,16-17,19H2,(H,37,40). The van der Waals surface area contributed by atoms with E-state index in [-0.39, 0.29) is 23.3 Å². The van der Waals surface area contributed by atoms with E-state index in [1.54, 1.807) is 59.3 Å². The Morgan fingerprint density at radius 1 is 0.886 bits per heavy atom. The number of carbonyl (C=O) groups excluding carboxylic acids is 3. The lowest BCUT2D eigenvalue weighted by Crippen LogP contribution is -2.32.